The molecule has 5 heteroatoms. The minimum absolute atomic E-state index is 0.167. The third kappa shape index (κ3) is 6.74. The molecule has 1 aromatic rings. The second kappa shape index (κ2) is 10.7. The van der Waals surface area contributed by atoms with Crippen LogP contribution in [0.2, 0.25) is 0 Å². The molecule has 0 heterocycles. The third-order valence-corrected chi connectivity index (χ3v) is 3.01. The molecule has 128 valence electrons. The first-order valence-electron chi connectivity index (χ1n) is 7.90. The molecule has 0 amide bonds. The third-order valence-electron chi connectivity index (χ3n) is 3.01. The van der Waals surface area contributed by atoms with E-state index in [-0.39, 0.29) is 12.6 Å². The molecular formula is C18H26O5. The van der Waals surface area contributed by atoms with Gasteiger partial charge in [0.1, 0.15) is 6.61 Å². The maximum Gasteiger partial charge on any atom is 0.335 e. The van der Waals surface area contributed by atoms with Crippen molar-refractivity contribution in [3.63, 3.8) is 0 Å². The lowest BCUT2D eigenvalue weighted by Crippen LogP contribution is -2.23. The predicted molar refractivity (Wildman–Crippen MR) is 88.8 cm³/mol. The zero-order valence-electron chi connectivity index (χ0n) is 14.2. The Morgan fingerprint density at radius 2 is 1.91 bits per heavy atom. The van der Waals surface area contributed by atoms with E-state index in [0.29, 0.717) is 37.7 Å². The zero-order valence-corrected chi connectivity index (χ0v) is 14.2. The van der Waals surface area contributed by atoms with Crippen molar-refractivity contribution in [2.24, 2.45) is 0 Å². The number of hydrogen-bond acceptors (Lipinski definition) is 5. The lowest BCUT2D eigenvalue weighted by atomic mass is 10.2. The van der Waals surface area contributed by atoms with Gasteiger partial charge in [0.25, 0.3) is 0 Å². The van der Waals surface area contributed by atoms with Gasteiger partial charge in [-0.15, -0.1) is 6.58 Å². The van der Waals surface area contributed by atoms with Crippen molar-refractivity contribution in [1.82, 2.24) is 0 Å². The molecule has 0 saturated carbocycles. The van der Waals surface area contributed by atoms with Crippen molar-refractivity contribution in [3.8, 4) is 11.5 Å². The van der Waals surface area contributed by atoms with Crippen LogP contribution in [0.1, 0.15) is 32.8 Å². The van der Waals surface area contributed by atoms with Crippen molar-refractivity contribution in [1.29, 1.82) is 0 Å². The average Bonchev–Trinajstić information content (AvgIpc) is 2.55. The van der Waals surface area contributed by atoms with E-state index >= 15 is 0 Å². The molecule has 5 nitrogen and oxygen atoms in total. The Kier molecular flexibility index (Phi) is 8.83. The summed E-state index contributed by atoms with van der Waals surface area (Å²) in [4.78, 5) is 11.9. The maximum absolute atomic E-state index is 11.9. The minimum atomic E-state index is -0.594. The quantitative estimate of drug-likeness (QED) is 0.354. The van der Waals surface area contributed by atoms with Gasteiger partial charge in [-0.1, -0.05) is 12.1 Å². The Labute approximate surface area is 138 Å². The van der Waals surface area contributed by atoms with E-state index in [4.69, 9.17) is 18.9 Å². The van der Waals surface area contributed by atoms with Gasteiger partial charge in [0.05, 0.1) is 19.8 Å². The summed E-state index contributed by atoms with van der Waals surface area (Å²) in [6, 6.07) is 5.50. The fourth-order valence-electron chi connectivity index (χ4n) is 1.85. The number of ether oxygens (including phenoxy) is 4. The number of carbonyl (C=O) groups is 1. The van der Waals surface area contributed by atoms with E-state index in [1.807, 2.05) is 32.0 Å². The van der Waals surface area contributed by atoms with Gasteiger partial charge in [-0.3, -0.25) is 0 Å². The van der Waals surface area contributed by atoms with Crippen LogP contribution >= 0.6 is 0 Å². The molecule has 0 saturated heterocycles. The van der Waals surface area contributed by atoms with Crippen LogP contribution in [0.4, 0.5) is 0 Å². The predicted octanol–water partition coefficient (Wildman–Crippen LogP) is 3.51. The molecule has 1 atom stereocenters. The summed E-state index contributed by atoms with van der Waals surface area (Å²) in [5.74, 6) is 0.949. The molecule has 0 aromatic heterocycles. The van der Waals surface area contributed by atoms with Crippen LogP contribution in [-0.4, -0.2) is 31.9 Å². The number of rotatable bonds is 11. The topological polar surface area (TPSA) is 54.0 Å². The number of carbonyl (C=O) groups excluding carboxylic acids is 1. The Balaban J connectivity index is 2.57. The highest BCUT2D eigenvalue weighted by Gasteiger charge is 2.15. The van der Waals surface area contributed by atoms with Crippen LogP contribution in [-0.2, 0) is 20.9 Å². The Hall–Kier alpha value is -2.01. The lowest BCUT2D eigenvalue weighted by molar-refractivity contribution is -0.157. The smallest absolute Gasteiger partial charge is 0.335 e. The summed E-state index contributed by atoms with van der Waals surface area (Å²) in [5, 5.41) is 0. The second-order valence-corrected chi connectivity index (χ2v) is 4.85. The van der Waals surface area contributed by atoms with Crippen LogP contribution in [0.25, 0.3) is 0 Å². The standard InChI is InChI=1S/C18H26O5/c1-5-8-11-22-14(4)18(19)23-13-15-9-10-16(20-6-2)17(12-15)21-7-3/h5,9-10,12,14H,1,6-8,11,13H2,2-4H3. The molecular weight excluding hydrogens is 296 g/mol. The van der Waals surface area contributed by atoms with Crippen LogP contribution < -0.4 is 9.47 Å². The molecule has 0 N–H and O–H groups in total. The molecule has 0 aliphatic rings. The monoisotopic (exact) mass is 322 g/mol. The van der Waals surface area contributed by atoms with Crippen molar-refractivity contribution < 1.29 is 23.7 Å². The highest BCUT2D eigenvalue weighted by atomic mass is 16.6. The second-order valence-electron chi connectivity index (χ2n) is 4.85. The number of esters is 1. The van der Waals surface area contributed by atoms with Crippen LogP contribution in [0, 0.1) is 0 Å². The van der Waals surface area contributed by atoms with Crippen molar-refractivity contribution >= 4 is 5.97 Å². The fourth-order valence-corrected chi connectivity index (χ4v) is 1.85. The average molecular weight is 322 g/mol. The fraction of sp³-hybridized carbons (Fsp3) is 0.500. The molecule has 1 rings (SSSR count). The van der Waals surface area contributed by atoms with Gasteiger partial charge in [0.15, 0.2) is 17.6 Å². The normalized spacial score (nSPS) is 11.6. The first-order chi connectivity index (χ1) is 11.1. The molecule has 0 aliphatic heterocycles. The van der Waals surface area contributed by atoms with Crippen LogP contribution in [0.5, 0.6) is 11.5 Å². The number of benzene rings is 1. The molecule has 0 bridgehead atoms. The summed E-state index contributed by atoms with van der Waals surface area (Å²) in [7, 11) is 0. The van der Waals surface area contributed by atoms with E-state index in [2.05, 4.69) is 6.58 Å². The van der Waals surface area contributed by atoms with Gasteiger partial charge in [-0.05, 0) is 44.9 Å². The molecule has 0 radical (unpaired) electrons. The van der Waals surface area contributed by atoms with E-state index in [0.717, 1.165) is 5.56 Å². The molecule has 23 heavy (non-hydrogen) atoms. The van der Waals surface area contributed by atoms with E-state index in [1.165, 1.54) is 0 Å². The van der Waals surface area contributed by atoms with Gasteiger partial charge < -0.3 is 18.9 Å². The Morgan fingerprint density at radius 3 is 2.57 bits per heavy atom. The zero-order chi connectivity index (χ0) is 17.1. The van der Waals surface area contributed by atoms with E-state index in [1.54, 1.807) is 13.0 Å². The summed E-state index contributed by atoms with van der Waals surface area (Å²) in [6.45, 7) is 10.8. The summed E-state index contributed by atoms with van der Waals surface area (Å²) in [6.07, 6.45) is 1.85. The molecule has 1 aromatic carbocycles. The van der Waals surface area contributed by atoms with Gasteiger partial charge in [0, 0.05) is 0 Å². The first-order valence-corrected chi connectivity index (χ1v) is 7.90. The van der Waals surface area contributed by atoms with Crippen molar-refractivity contribution in [3.05, 3.63) is 36.4 Å². The molecule has 0 spiro atoms. The molecule has 0 fully saturated rings. The first kappa shape index (κ1) is 19.0. The minimum Gasteiger partial charge on any atom is -0.490 e. The van der Waals surface area contributed by atoms with E-state index < -0.39 is 6.10 Å². The Bertz CT molecular complexity index is 498. The summed E-state index contributed by atoms with van der Waals surface area (Å²) < 4.78 is 21.7. The summed E-state index contributed by atoms with van der Waals surface area (Å²) >= 11 is 0. The van der Waals surface area contributed by atoms with Gasteiger partial charge in [-0.2, -0.15) is 0 Å². The summed E-state index contributed by atoms with van der Waals surface area (Å²) in [5.41, 5.74) is 0.837. The van der Waals surface area contributed by atoms with Gasteiger partial charge in [0.2, 0.25) is 0 Å². The highest BCUT2D eigenvalue weighted by Crippen LogP contribution is 2.28. The highest BCUT2D eigenvalue weighted by molar-refractivity contribution is 5.74. The molecule has 1 unspecified atom stereocenters. The molecule has 0 aliphatic carbocycles. The van der Waals surface area contributed by atoms with Crippen molar-refractivity contribution in [2.45, 2.75) is 39.9 Å². The largest absolute Gasteiger partial charge is 0.490 e. The van der Waals surface area contributed by atoms with Crippen LogP contribution in [0.15, 0.2) is 30.9 Å². The maximum atomic E-state index is 11.9. The van der Waals surface area contributed by atoms with Crippen LogP contribution in [0.3, 0.4) is 0 Å². The van der Waals surface area contributed by atoms with Gasteiger partial charge >= 0.3 is 5.97 Å². The Morgan fingerprint density at radius 1 is 1.22 bits per heavy atom. The lowest BCUT2D eigenvalue weighted by Gasteiger charge is -2.14. The van der Waals surface area contributed by atoms with E-state index in [9.17, 15) is 4.79 Å². The van der Waals surface area contributed by atoms with Crippen molar-refractivity contribution in [2.75, 3.05) is 19.8 Å². The van der Waals surface area contributed by atoms with Gasteiger partial charge in [-0.25, -0.2) is 4.79 Å². The number of hydrogen-bond donors (Lipinski definition) is 0. The SMILES string of the molecule is C=CCCOC(C)C(=O)OCc1ccc(OCC)c(OCC)c1.